The molecule has 1 aromatic carbocycles. The summed E-state index contributed by atoms with van der Waals surface area (Å²) in [5, 5.41) is 25.3. The molecule has 0 bridgehead atoms. The minimum atomic E-state index is -3.32. The van der Waals surface area contributed by atoms with Crippen molar-refractivity contribution in [1.29, 1.82) is 0 Å². The van der Waals surface area contributed by atoms with Crippen LogP contribution in [-0.2, 0) is 21.2 Å². The first kappa shape index (κ1) is 23.0. The third kappa shape index (κ3) is 6.18. The number of benzene rings is 1. The van der Waals surface area contributed by atoms with Crippen LogP contribution >= 0.6 is 0 Å². The van der Waals surface area contributed by atoms with E-state index in [1.807, 2.05) is 0 Å². The summed E-state index contributed by atoms with van der Waals surface area (Å²) < 4.78 is 35.9. The number of rotatable bonds is 10. The van der Waals surface area contributed by atoms with Crippen molar-refractivity contribution < 1.29 is 32.9 Å². The Bertz CT molecular complexity index is 1190. The monoisotopic (exact) mass is 462 g/mol. The van der Waals surface area contributed by atoms with E-state index in [1.165, 1.54) is 41.3 Å². The Labute approximate surface area is 184 Å². The highest BCUT2D eigenvalue weighted by molar-refractivity contribution is 7.90. The Kier molecular flexibility index (Phi) is 6.95. The third-order valence-electron chi connectivity index (χ3n) is 4.08. The molecule has 3 aromatic rings. The number of pyridine rings is 1. The maximum Gasteiger partial charge on any atom is 0.325 e. The summed E-state index contributed by atoms with van der Waals surface area (Å²) in [5.74, 6) is 0.595. The fourth-order valence-electron chi connectivity index (χ4n) is 2.59. The van der Waals surface area contributed by atoms with E-state index in [2.05, 4.69) is 15.4 Å². The lowest BCUT2D eigenvalue weighted by Gasteiger charge is -2.16. The predicted octanol–water partition coefficient (Wildman–Crippen LogP) is 2.06. The molecule has 0 saturated heterocycles. The van der Waals surface area contributed by atoms with Crippen LogP contribution in [0.4, 0.5) is 11.6 Å². The number of sulfone groups is 1. The molecule has 0 saturated carbocycles. The number of hydrogen-bond donors (Lipinski definition) is 3. The van der Waals surface area contributed by atoms with Gasteiger partial charge in [-0.05, 0) is 31.2 Å². The number of carbonyl (C=O) groups is 1. The summed E-state index contributed by atoms with van der Waals surface area (Å²) in [4.78, 5) is 15.3. The topological polar surface area (TPSA) is 153 Å². The molecule has 2 heterocycles. The molecule has 32 heavy (non-hydrogen) atoms. The van der Waals surface area contributed by atoms with Gasteiger partial charge in [-0.1, -0.05) is 0 Å². The molecule has 12 heteroatoms. The number of aliphatic hydroxyl groups is 1. The van der Waals surface area contributed by atoms with Crippen molar-refractivity contribution in [2.75, 3.05) is 18.2 Å². The number of hydrogen-bond acceptors (Lipinski definition) is 9. The number of aliphatic carboxylic acids is 1. The van der Waals surface area contributed by atoms with Crippen LogP contribution in [0.15, 0.2) is 53.7 Å². The first-order valence-corrected chi connectivity index (χ1v) is 11.3. The van der Waals surface area contributed by atoms with Crippen LogP contribution in [0.1, 0.15) is 6.92 Å². The number of nitrogens with zero attached hydrogens (tertiary/aromatic N) is 3. The second kappa shape index (κ2) is 9.66. The molecule has 0 spiro atoms. The largest absolute Gasteiger partial charge is 0.484 e. The average Bonchev–Trinajstić information content (AvgIpc) is 3.15. The summed E-state index contributed by atoms with van der Waals surface area (Å²) in [6, 6.07) is 9.06. The van der Waals surface area contributed by atoms with E-state index in [1.54, 1.807) is 19.1 Å². The zero-order valence-electron chi connectivity index (χ0n) is 17.3. The Morgan fingerprint density at radius 2 is 1.94 bits per heavy atom. The van der Waals surface area contributed by atoms with Crippen LogP contribution in [0.25, 0.3) is 0 Å². The van der Waals surface area contributed by atoms with Gasteiger partial charge in [0.05, 0.1) is 17.7 Å². The van der Waals surface area contributed by atoms with E-state index in [4.69, 9.17) is 14.6 Å². The lowest BCUT2D eigenvalue weighted by molar-refractivity contribution is -0.137. The van der Waals surface area contributed by atoms with Gasteiger partial charge in [-0.2, -0.15) is 5.10 Å². The molecule has 0 aliphatic carbocycles. The number of aliphatic hydroxyl groups excluding tert-OH is 1. The van der Waals surface area contributed by atoms with E-state index >= 15 is 0 Å². The molecule has 1 atom stereocenters. The number of nitrogens with one attached hydrogen (secondary N) is 1. The van der Waals surface area contributed by atoms with E-state index in [0.29, 0.717) is 17.3 Å². The fourth-order valence-corrected chi connectivity index (χ4v) is 3.22. The van der Waals surface area contributed by atoms with Crippen LogP contribution in [-0.4, -0.2) is 58.3 Å². The van der Waals surface area contributed by atoms with Crippen molar-refractivity contribution in [1.82, 2.24) is 14.8 Å². The van der Waals surface area contributed by atoms with Crippen molar-refractivity contribution in [3.8, 4) is 17.2 Å². The lowest BCUT2D eigenvalue weighted by atomic mass is 10.3. The third-order valence-corrected chi connectivity index (χ3v) is 5.21. The van der Waals surface area contributed by atoms with Gasteiger partial charge >= 0.3 is 5.97 Å². The second-order valence-corrected chi connectivity index (χ2v) is 8.91. The van der Waals surface area contributed by atoms with Gasteiger partial charge in [-0.25, -0.2) is 13.4 Å². The molecular formula is C20H22N4O7S. The van der Waals surface area contributed by atoms with Crippen LogP contribution in [0.3, 0.4) is 0 Å². The number of anilines is 2. The Morgan fingerprint density at radius 1 is 1.22 bits per heavy atom. The van der Waals surface area contributed by atoms with Crippen LogP contribution < -0.4 is 14.8 Å². The highest BCUT2D eigenvalue weighted by Gasteiger charge is 2.14. The predicted molar refractivity (Wildman–Crippen MR) is 114 cm³/mol. The smallest absolute Gasteiger partial charge is 0.325 e. The molecular weight excluding hydrogens is 440 g/mol. The van der Waals surface area contributed by atoms with E-state index in [-0.39, 0.29) is 29.6 Å². The minimum absolute atomic E-state index is 0.172. The van der Waals surface area contributed by atoms with Crippen molar-refractivity contribution >= 4 is 27.4 Å². The minimum Gasteiger partial charge on any atom is -0.484 e. The lowest BCUT2D eigenvalue weighted by Crippen LogP contribution is -2.17. The fraction of sp³-hybridized carbons (Fsp3) is 0.250. The van der Waals surface area contributed by atoms with Crippen molar-refractivity contribution in [2.45, 2.75) is 24.5 Å². The molecule has 0 fully saturated rings. The van der Waals surface area contributed by atoms with Crippen molar-refractivity contribution in [3.05, 3.63) is 48.8 Å². The molecule has 0 radical (unpaired) electrons. The normalized spacial score (nSPS) is 12.2. The first-order chi connectivity index (χ1) is 15.1. The summed E-state index contributed by atoms with van der Waals surface area (Å²) in [7, 11) is -3.32. The zero-order chi connectivity index (χ0) is 23.3. The Hall–Kier alpha value is -3.64. The van der Waals surface area contributed by atoms with Gasteiger partial charge in [-0.3, -0.25) is 9.48 Å². The summed E-state index contributed by atoms with van der Waals surface area (Å²) in [6.45, 7) is 1.15. The Morgan fingerprint density at radius 3 is 2.56 bits per heavy atom. The summed E-state index contributed by atoms with van der Waals surface area (Å²) in [6.07, 6.45) is 3.52. The molecule has 0 aliphatic rings. The molecule has 170 valence electrons. The summed E-state index contributed by atoms with van der Waals surface area (Å²) >= 11 is 0. The maximum atomic E-state index is 11.6. The molecule has 3 rings (SSSR count). The average molecular weight is 462 g/mol. The summed E-state index contributed by atoms with van der Waals surface area (Å²) in [5.41, 5.74) is 0. The number of carboxylic acid groups (broad SMARTS) is 1. The SMILES string of the molecule is C[C@@H](CO)Oc1cc(Oc2ccc(S(C)(=O)=O)cc2)cnc1Nc1ccn(CC(=O)O)n1. The first-order valence-electron chi connectivity index (χ1n) is 9.42. The molecule has 3 N–H and O–H groups in total. The number of carboxylic acids is 1. The van der Waals surface area contributed by atoms with Gasteiger partial charge in [0.2, 0.25) is 0 Å². The highest BCUT2D eigenvalue weighted by atomic mass is 32.2. The van der Waals surface area contributed by atoms with E-state index in [0.717, 1.165) is 6.26 Å². The van der Waals surface area contributed by atoms with Crippen LogP contribution in [0, 0.1) is 0 Å². The van der Waals surface area contributed by atoms with Crippen molar-refractivity contribution in [2.24, 2.45) is 0 Å². The maximum absolute atomic E-state index is 11.6. The molecule has 11 nitrogen and oxygen atoms in total. The van der Waals surface area contributed by atoms with Crippen molar-refractivity contribution in [3.63, 3.8) is 0 Å². The molecule has 2 aromatic heterocycles. The Balaban J connectivity index is 1.82. The van der Waals surface area contributed by atoms with Gasteiger partial charge in [0.15, 0.2) is 27.2 Å². The number of ether oxygens (including phenoxy) is 2. The van der Waals surface area contributed by atoms with Gasteiger partial charge in [0.25, 0.3) is 0 Å². The van der Waals surface area contributed by atoms with Gasteiger partial charge in [0.1, 0.15) is 24.1 Å². The molecule has 0 unspecified atom stereocenters. The quantitative estimate of drug-likeness (QED) is 0.408. The van der Waals surface area contributed by atoms with Crippen LogP contribution in [0.2, 0.25) is 0 Å². The highest BCUT2D eigenvalue weighted by Crippen LogP contribution is 2.32. The van der Waals surface area contributed by atoms with Gasteiger partial charge < -0.3 is 25.0 Å². The molecule has 0 amide bonds. The van der Waals surface area contributed by atoms with E-state index in [9.17, 15) is 18.3 Å². The zero-order valence-corrected chi connectivity index (χ0v) is 18.1. The van der Waals surface area contributed by atoms with Gasteiger partial charge in [-0.15, -0.1) is 0 Å². The van der Waals surface area contributed by atoms with Crippen LogP contribution in [0.5, 0.6) is 17.2 Å². The molecule has 0 aliphatic heterocycles. The van der Waals surface area contributed by atoms with Gasteiger partial charge in [0, 0.05) is 24.6 Å². The standard InChI is InChI=1S/C20H22N4O7S/c1-13(12-25)30-17-9-15(31-14-3-5-16(6-4-14)32(2,28)29)10-21-20(17)22-18-7-8-24(23-18)11-19(26)27/h3-10,13,25H,11-12H2,1-2H3,(H,26,27)(H,21,22,23)/t13-/m0/s1. The number of aromatic nitrogens is 3. The van der Waals surface area contributed by atoms with E-state index < -0.39 is 21.9 Å². The second-order valence-electron chi connectivity index (χ2n) is 6.89.